The molecule has 0 bridgehead atoms. The highest BCUT2D eigenvalue weighted by Gasteiger charge is 2.26. The summed E-state index contributed by atoms with van der Waals surface area (Å²) in [7, 11) is 0. The summed E-state index contributed by atoms with van der Waals surface area (Å²) in [6.45, 7) is 0.480. The first-order valence-corrected chi connectivity index (χ1v) is 9.60. The van der Waals surface area contributed by atoms with Crippen LogP contribution in [-0.2, 0) is 11.2 Å². The summed E-state index contributed by atoms with van der Waals surface area (Å²) in [4.78, 5) is 36.9. The molecule has 0 saturated carbocycles. The first-order valence-electron chi connectivity index (χ1n) is 9.60. The van der Waals surface area contributed by atoms with Gasteiger partial charge < -0.3 is 10.6 Å². The zero-order valence-corrected chi connectivity index (χ0v) is 16.1. The van der Waals surface area contributed by atoms with Crippen molar-refractivity contribution in [3.63, 3.8) is 0 Å². The van der Waals surface area contributed by atoms with Crippen LogP contribution < -0.4 is 10.6 Å². The van der Waals surface area contributed by atoms with E-state index in [4.69, 9.17) is 0 Å². The minimum absolute atomic E-state index is 0.0687. The van der Waals surface area contributed by atoms with Crippen LogP contribution in [0.1, 0.15) is 31.8 Å². The van der Waals surface area contributed by atoms with Crippen molar-refractivity contribution in [3.05, 3.63) is 94.8 Å². The lowest BCUT2D eigenvalue weighted by Gasteiger charge is -2.08. The second-order valence-electron chi connectivity index (χ2n) is 7.05. The SMILES string of the molecule is O=C(Cc1cccc(F)c1)NCCNC(=O)c1ccc2c(c1)C(=O)c1ccccc1-2. The summed E-state index contributed by atoms with van der Waals surface area (Å²) in [6, 6.07) is 18.3. The van der Waals surface area contributed by atoms with Gasteiger partial charge >= 0.3 is 0 Å². The molecule has 4 rings (SSSR count). The monoisotopic (exact) mass is 402 g/mol. The van der Waals surface area contributed by atoms with Crippen LogP contribution in [0.3, 0.4) is 0 Å². The fraction of sp³-hybridized carbons (Fsp3) is 0.125. The van der Waals surface area contributed by atoms with Crippen molar-refractivity contribution >= 4 is 17.6 Å². The van der Waals surface area contributed by atoms with Gasteiger partial charge in [0.15, 0.2) is 5.78 Å². The Hall–Kier alpha value is -3.80. The number of hydrogen-bond acceptors (Lipinski definition) is 3. The largest absolute Gasteiger partial charge is 0.354 e. The van der Waals surface area contributed by atoms with Gasteiger partial charge in [0.2, 0.25) is 5.91 Å². The third-order valence-corrected chi connectivity index (χ3v) is 4.97. The van der Waals surface area contributed by atoms with E-state index in [1.807, 2.05) is 18.2 Å². The fourth-order valence-corrected chi connectivity index (χ4v) is 3.54. The number of amides is 2. The Morgan fingerprint density at radius 3 is 2.30 bits per heavy atom. The van der Waals surface area contributed by atoms with E-state index < -0.39 is 0 Å². The molecule has 30 heavy (non-hydrogen) atoms. The van der Waals surface area contributed by atoms with E-state index in [1.54, 1.807) is 36.4 Å². The Kier molecular flexibility index (Phi) is 5.39. The van der Waals surface area contributed by atoms with Crippen molar-refractivity contribution in [2.24, 2.45) is 0 Å². The van der Waals surface area contributed by atoms with Crippen LogP contribution in [0.15, 0.2) is 66.7 Å². The molecule has 0 heterocycles. The first kappa shape index (κ1) is 19.5. The van der Waals surface area contributed by atoms with Gasteiger partial charge in [-0.05, 0) is 41.0 Å². The number of carbonyl (C=O) groups excluding carboxylic acids is 3. The van der Waals surface area contributed by atoms with E-state index in [2.05, 4.69) is 10.6 Å². The molecule has 1 aliphatic rings. The third kappa shape index (κ3) is 3.98. The van der Waals surface area contributed by atoms with Gasteiger partial charge in [-0.25, -0.2) is 4.39 Å². The molecule has 0 aliphatic heterocycles. The Labute approximate surface area is 172 Å². The lowest BCUT2D eigenvalue weighted by molar-refractivity contribution is -0.120. The third-order valence-electron chi connectivity index (χ3n) is 4.97. The molecular weight excluding hydrogens is 383 g/mol. The second-order valence-corrected chi connectivity index (χ2v) is 7.05. The molecule has 0 atom stereocenters. The zero-order chi connectivity index (χ0) is 21.1. The minimum Gasteiger partial charge on any atom is -0.354 e. The highest BCUT2D eigenvalue weighted by atomic mass is 19.1. The standard InChI is InChI=1S/C24H19FN2O3/c25-17-5-3-4-15(12-17)13-22(28)26-10-11-27-24(30)16-8-9-19-18-6-1-2-7-20(18)23(29)21(19)14-16/h1-9,12,14H,10-11,13H2,(H,26,28)(H,27,30). The number of halogens is 1. The maximum atomic E-state index is 13.2. The van der Waals surface area contributed by atoms with Gasteiger partial charge in [0.1, 0.15) is 5.82 Å². The molecule has 2 N–H and O–H groups in total. The molecule has 0 fully saturated rings. The molecule has 0 radical (unpaired) electrons. The number of hydrogen-bond donors (Lipinski definition) is 2. The van der Waals surface area contributed by atoms with Crippen molar-refractivity contribution < 1.29 is 18.8 Å². The zero-order valence-electron chi connectivity index (χ0n) is 16.1. The first-order chi connectivity index (χ1) is 14.5. The summed E-state index contributed by atoms with van der Waals surface area (Å²) in [6.07, 6.45) is 0.0687. The minimum atomic E-state index is -0.386. The van der Waals surface area contributed by atoms with Crippen molar-refractivity contribution in [3.8, 4) is 11.1 Å². The van der Waals surface area contributed by atoms with E-state index in [-0.39, 0.29) is 42.9 Å². The molecular formula is C24H19FN2O3. The summed E-state index contributed by atoms with van der Waals surface area (Å²) in [5.41, 5.74) is 3.85. The highest BCUT2D eigenvalue weighted by molar-refractivity contribution is 6.22. The van der Waals surface area contributed by atoms with Gasteiger partial charge in [0, 0.05) is 29.8 Å². The van der Waals surface area contributed by atoms with Crippen LogP contribution in [0.25, 0.3) is 11.1 Å². The molecule has 150 valence electrons. The maximum absolute atomic E-state index is 13.2. The molecule has 3 aromatic carbocycles. The van der Waals surface area contributed by atoms with Crippen LogP contribution in [0.2, 0.25) is 0 Å². The Bertz CT molecular complexity index is 1160. The number of fused-ring (bicyclic) bond motifs is 3. The Balaban J connectivity index is 1.30. The van der Waals surface area contributed by atoms with Gasteiger partial charge in [-0.1, -0.05) is 42.5 Å². The van der Waals surface area contributed by atoms with Crippen LogP contribution in [0, 0.1) is 5.82 Å². The van der Waals surface area contributed by atoms with Crippen molar-refractivity contribution in [2.45, 2.75) is 6.42 Å². The van der Waals surface area contributed by atoms with E-state index >= 15 is 0 Å². The summed E-state index contributed by atoms with van der Waals surface area (Å²) >= 11 is 0. The molecule has 0 unspecified atom stereocenters. The number of ketones is 1. The van der Waals surface area contributed by atoms with Gasteiger partial charge in [-0.3, -0.25) is 14.4 Å². The average Bonchev–Trinajstić information content (AvgIpc) is 3.03. The second kappa shape index (κ2) is 8.29. The lowest BCUT2D eigenvalue weighted by atomic mass is 10.0. The van der Waals surface area contributed by atoms with E-state index in [9.17, 15) is 18.8 Å². The lowest BCUT2D eigenvalue weighted by Crippen LogP contribution is -2.35. The molecule has 3 aromatic rings. The molecule has 0 aromatic heterocycles. The number of rotatable bonds is 6. The quantitative estimate of drug-likeness (QED) is 0.487. The smallest absolute Gasteiger partial charge is 0.251 e. The van der Waals surface area contributed by atoms with Crippen LogP contribution in [-0.4, -0.2) is 30.7 Å². The normalized spacial score (nSPS) is 11.6. The molecule has 5 nitrogen and oxygen atoms in total. The summed E-state index contributed by atoms with van der Waals surface area (Å²) in [5.74, 6) is -1.04. The number of nitrogens with one attached hydrogen (secondary N) is 2. The van der Waals surface area contributed by atoms with Crippen molar-refractivity contribution in [1.82, 2.24) is 10.6 Å². The van der Waals surface area contributed by atoms with Gasteiger partial charge in [-0.2, -0.15) is 0 Å². The van der Waals surface area contributed by atoms with Crippen LogP contribution in [0.4, 0.5) is 4.39 Å². The van der Waals surface area contributed by atoms with E-state index in [0.717, 1.165) is 11.1 Å². The molecule has 1 aliphatic carbocycles. The van der Waals surface area contributed by atoms with Crippen LogP contribution in [0.5, 0.6) is 0 Å². The highest BCUT2D eigenvalue weighted by Crippen LogP contribution is 2.36. The predicted octanol–water partition coefficient (Wildman–Crippen LogP) is 3.13. The number of benzene rings is 3. The van der Waals surface area contributed by atoms with Crippen LogP contribution >= 0.6 is 0 Å². The van der Waals surface area contributed by atoms with Gasteiger partial charge in [0.05, 0.1) is 6.42 Å². The van der Waals surface area contributed by atoms with Crippen molar-refractivity contribution in [1.29, 1.82) is 0 Å². The Morgan fingerprint density at radius 1 is 0.767 bits per heavy atom. The molecule has 2 amide bonds. The van der Waals surface area contributed by atoms with E-state index in [0.29, 0.717) is 22.3 Å². The van der Waals surface area contributed by atoms with Gasteiger partial charge in [-0.15, -0.1) is 0 Å². The summed E-state index contributed by atoms with van der Waals surface area (Å²) < 4.78 is 13.2. The molecule has 0 saturated heterocycles. The molecule has 6 heteroatoms. The van der Waals surface area contributed by atoms with E-state index in [1.165, 1.54) is 12.1 Å². The maximum Gasteiger partial charge on any atom is 0.251 e. The Morgan fingerprint density at radius 2 is 1.50 bits per heavy atom. The number of carbonyl (C=O) groups is 3. The summed E-state index contributed by atoms with van der Waals surface area (Å²) in [5, 5.41) is 5.42. The average molecular weight is 402 g/mol. The topological polar surface area (TPSA) is 75.3 Å². The van der Waals surface area contributed by atoms with Gasteiger partial charge in [0.25, 0.3) is 5.91 Å². The predicted molar refractivity (Wildman–Crippen MR) is 111 cm³/mol. The molecule has 0 spiro atoms. The fourth-order valence-electron chi connectivity index (χ4n) is 3.54. The van der Waals surface area contributed by atoms with Crippen molar-refractivity contribution in [2.75, 3.05) is 13.1 Å².